The highest BCUT2D eigenvalue weighted by Crippen LogP contribution is 2.13. The van der Waals surface area contributed by atoms with Gasteiger partial charge in [0.05, 0.1) is 6.21 Å². The van der Waals surface area contributed by atoms with Crippen LogP contribution in [0.4, 0.5) is 0 Å². The highest BCUT2D eigenvalue weighted by Gasteiger charge is 1.92. The molecule has 0 saturated heterocycles. The van der Waals surface area contributed by atoms with E-state index in [1.807, 2.05) is 19.1 Å². The number of rotatable bonds is 2. The van der Waals surface area contributed by atoms with Gasteiger partial charge in [-0.3, -0.25) is 0 Å². The summed E-state index contributed by atoms with van der Waals surface area (Å²) in [7, 11) is 0. The Labute approximate surface area is 78.2 Å². The van der Waals surface area contributed by atoms with Gasteiger partial charge in [-0.25, -0.2) is 0 Å². The van der Waals surface area contributed by atoms with Gasteiger partial charge in [0.15, 0.2) is 0 Å². The first-order valence-corrected chi connectivity index (χ1v) is 4.15. The van der Waals surface area contributed by atoms with Gasteiger partial charge in [-0.1, -0.05) is 35.0 Å². The van der Waals surface area contributed by atoms with Crippen molar-refractivity contribution in [3.8, 4) is 0 Å². The van der Waals surface area contributed by atoms with Crippen molar-refractivity contribution in [1.82, 2.24) is 0 Å². The van der Waals surface area contributed by atoms with Gasteiger partial charge >= 0.3 is 0 Å². The maximum atomic E-state index is 8.23. The number of oxime groups is 1. The first-order valence-electron chi connectivity index (χ1n) is 4.15. The Hall–Kier alpha value is -1.57. The molecule has 68 valence electrons. The molecule has 0 spiro atoms. The Kier molecular flexibility index (Phi) is 3.26. The number of allylic oxidation sites excluding steroid dienone is 2. The van der Waals surface area contributed by atoms with E-state index in [2.05, 4.69) is 24.2 Å². The van der Waals surface area contributed by atoms with Gasteiger partial charge in [-0.15, -0.1) is 0 Å². The molecule has 1 N–H and O–H groups in total. The highest BCUT2D eigenvalue weighted by molar-refractivity contribution is 5.83. The number of nitrogens with zero attached hydrogens (tertiary/aromatic N) is 1. The Morgan fingerprint density at radius 1 is 1.31 bits per heavy atom. The Morgan fingerprint density at radius 2 is 1.92 bits per heavy atom. The summed E-state index contributed by atoms with van der Waals surface area (Å²) in [5, 5.41) is 11.1. The van der Waals surface area contributed by atoms with Crippen LogP contribution < -0.4 is 0 Å². The summed E-state index contributed by atoms with van der Waals surface area (Å²) < 4.78 is 0. The monoisotopic (exact) mass is 175 g/mol. The van der Waals surface area contributed by atoms with Crippen LogP contribution >= 0.6 is 0 Å². The number of aryl methyl sites for hydroxylation is 1. The molecule has 2 nitrogen and oxygen atoms in total. The Morgan fingerprint density at radius 3 is 2.46 bits per heavy atom. The van der Waals surface area contributed by atoms with E-state index in [4.69, 9.17) is 5.21 Å². The lowest BCUT2D eigenvalue weighted by Gasteiger charge is -1.99. The third kappa shape index (κ3) is 2.75. The van der Waals surface area contributed by atoms with Crippen molar-refractivity contribution in [2.75, 3.05) is 0 Å². The fraction of sp³-hybridized carbons (Fsp3) is 0.182. The number of hydrogen-bond donors (Lipinski definition) is 1. The van der Waals surface area contributed by atoms with E-state index in [1.165, 1.54) is 11.8 Å². The summed E-state index contributed by atoms with van der Waals surface area (Å²) in [6.45, 7) is 4.03. The highest BCUT2D eigenvalue weighted by atomic mass is 16.4. The van der Waals surface area contributed by atoms with Gasteiger partial charge in [0.1, 0.15) is 0 Å². The van der Waals surface area contributed by atoms with E-state index in [0.29, 0.717) is 0 Å². The van der Waals surface area contributed by atoms with Gasteiger partial charge in [-0.05, 0) is 31.1 Å². The van der Waals surface area contributed by atoms with Crippen LogP contribution in [0.1, 0.15) is 18.1 Å². The van der Waals surface area contributed by atoms with E-state index in [9.17, 15) is 0 Å². The second-order valence-electron chi connectivity index (χ2n) is 2.98. The Balaban J connectivity index is 2.89. The summed E-state index contributed by atoms with van der Waals surface area (Å²) in [4.78, 5) is 0. The van der Waals surface area contributed by atoms with E-state index in [0.717, 1.165) is 11.1 Å². The molecule has 2 heteroatoms. The summed E-state index contributed by atoms with van der Waals surface area (Å²) >= 11 is 0. The van der Waals surface area contributed by atoms with Crippen molar-refractivity contribution in [1.29, 1.82) is 0 Å². The predicted octanol–water partition coefficient (Wildman–Crippen LogP) is 2.86. The predicted molar refractivity (Wildman–Crippen MR) is 55.1 cm³/mol. The molecule has 0 aliphatic heterocycles. The standard InChI is InChI=1S/C11H13NO/c1-9-3-5-11(6-4-9)10(2)7-8-12-13/h3-8,13H,1-2H3/b10-7-,12-8+. The quantitative estimate of drug-likeness (QED) is 0.418. The molecule has 0 heterocycles. The van der Waals surface area contributed by atoms with Crippen molar-refractivity contribution in [2.45, 2.75) is 13.8 Å². The maximum Gasteiger partial charge on any atom is 0.0664 e. The molecule has 0 aliphatic rings. The van der Waals surface area contributed by atoms with Crippen LogP contribution in [0.3, 0.4) is 0 Å². The smallest absolute Gasteiger partial charge is 0.0664 e. The molecular weight excluding hydrogens is 162 g/mol. The second kappa shape index (κ2) is 4.45. The minimum Gasteiger partial charge on any atom is -0.411 e. The zero-order chi connectivity index (χ0) is 9.68. The first-order chi connectivity index (χ1) is 6.24. The van der Waals surface area contributed by atoms with E-state index < -0.39 is 0 Å². The third-order valence-electron chi connectivity index (χ3n) is 1.90. The molecule has 0 aliphatic carbocycles. The van der Waals surface area contributed by atoms with Gasteiger partial charge < -0.3 is 5.21 Å². The summed E-state index contributed by atoms with van der Waals surface area (Å²) in [5.74, 6) is 0. The second-order valence-corrected chi connectivity index (χ2v) is 2.98. The van der Waals surface area contributed by atoms with Crippen LogP contribution in [0.25, 0.3) is 5.57 Å². The lowest BCUT2D eigenvalue weighted by molar-refractivity contribution is 0.322. The molecule has 0 radical (unpaired) electrons. The normalized spacial score (nSPS) is 12.3. The maximum absolute atomic E-state index is 8.23. The van der Waals surface area contributed by atoms with E-state index >= 15 is 0 Å². The molecule has 1 rings (SSSR count). The van der Waals surface area contributed by atoms with Crippen LogP contribution in [0.5, 0.6) is 0 Å². The Bertz CT molecular complexity index is 322. The van der Waals surface area contributed by atoms with Gasteiger partial charge in [0.25, 0.3) is 0 Å². The zero-order valence-electron chi connectivity index (χ0n) is 7.86. The van der Waals surface area contributed by atoms with Gasteiger partial charge in [-0.2, -0.15) is 0 Å². The lowest BCUT2D eigenvalue weighted by atomic mass is 10.1. The summed E-state index contributed by atoms with van der Waals surface area (Å²) in [6.07, 6.45) is 3.14. The van der Waals surface area contributed by atoms with Crippen LogP contribution in [0.2, 0.25) is 0 Å². The summed E-state index contributed by atoms with van der Waals surface area (Å²) in [6, 6.07) is 8.21. The number of benzene rings is 1. The molecular formula is C11H13NO. The largest absolute Gasteiger partial charge is 0.411 e. The van der Waals surface area contributed by atoms with E-state index in [1.54, 1.807) is 6.08 Å². The molecule has 0 bridgehead atoms. The van der Waals surface area contributed by atoms with Crippen LogP contribution in [-0.4, -0.2) is 11.4 Å². The average molecular weight is 175 g/mol. The fourth-order valence-corrected chi connectivity index (χ4v) is 1.06. The molecule has 13 heavy (non-hydrogen) atoms. The molecule has 0 saturated carbocycles. The van der Waals surface area contributed by atoms with Crippen LogP contribution in [0, 0.1) is 6.92 Å². The van der Waals surface area contributed by atoms with Crippen molar-refractivity contribution in [2.24, 2.45) is 5.16 Å². The zero-order valence-corrected chi connectivity index (χ0v) is 7.86. The SMILES string of the molecule is C/C(=C/C=N/O)c1ccc(C)cc1. The van der Waals surface area contributed by atoms with Crippen molar-refractivity contribution >= 4 is 11.8 Å². The minimum atomic E-state index is 1.08. The molecule has 0 aromatic heterocycles. The fourth-order valence-electron chi connectivity index (χ4n) is 1.06. The van der Waals surface area contributed by atoms with Crippen LogP contribution in [-0.2, 0) is 0 Å². The number of hydrogen-bond acceptors (Lipinski definition) is 2. The van der Waals surface area contributed by atoms with Crippen LogP contribution in [0.15, 0.2) is 35.5 Å². The van der Waals surface area contributed by atoms with E-state index in [-0.39, 0.29) is 0 Å². The minimum absolute atomic E-state index is 1.08. The summed E-state index contributed by atoms with van der Waals surface area (Å²) in [5.41, 5.74) is 3.47. The first kappa shape index (κ1) is 9.52. The van der Waals surface area contributed by atoms with Crippen molar-refractivity contribution < 1.29 is 5.21 Å². The molecule has 1 aromatic carbocycles. The molecule has 0 atom stereocenters. The van der Waals surface area contributed by atoms with Crippen molar-refractivity contribution in [3.05, 3.63) is 41.5 Å². The lowest BCUT2D eigenvalue weighted by Crippen LogP contribution is -1.80. The molecule has 0 unspecified atom stereocenters. The van der Waals surface area contributed by atoms with Gasteiger partial charge in [0, 0.05) is 0 Å². The topological polar surface area (TPSA) is 32.6 Å². The molecule has 1 aromatic rings. The third-order valence-corrected chi connectivity index (χ3v) is 1.90. The molecule has 0 fully saturated rings. The van der Waals surface area contributed by atoms with Gasteiger partial charge in [0.2, 0.25) is 0 Å². The van der Waals surface area contributed by atoms with Crippen molar-refractivity contribution in [3.63, 3.8) is 0 Å². The molecule has 0 amide bonds. The average Bonchev–Trinajstić information content (AvgIpc) is 2.15.